The Morgan fingerprint density at radius 2 is 2.08 bits per heavy atom. The van der Waals surface area contributed by atoms with E-state index >= 15 is 0 Å². The van der Waals surface area contributed by atoms with Crippen LogP contribution >= 0.6 is 0 Å². The summed E-state index contributed by atoms with van der Waals surface area (Å²) in [5, 5.41) is 14.9. The summed E-state index contributed by atoms with van der Waals surface area (Å²) in [6.07, 6.45) is 0.416. The van der Waals surface area contributed by atoms with Crippen LogP contribution in [0.5, 0.6) is 5.88 Å². The van der Waals surface area contributed by atoms with Gasteiger partial charge in [0.2, 0.25) is 5.88 Å². The fourth-order valence-corrected chi connectivity index (χ4v) is 2.01. The standard InChI is InChI=1S/C16H17F2N3O3/c1-24-15-11(3-2-6-19-15)8-20-16(23)21-9-14(22)10-4-5-12(17)13(18)7-10/h2-7,14,22H,8-9H2,1H3,(H2,20,21,23)/t14-/m0/s1. The Hall–Kier alpha value is -2.74. The fourth-order valence-electron chi connectivity index (χ4n) is 2.01. The molecule has 0 saturated heterocycles. The molecule has 0 radical (unpaired) electrons. The van der Waals surface area contributed by atoms with Gasteiger partial charge < -0.3 is 20.5 Å². The maximum Gasteiger partial charge on any atom is 0.315 e. The molecule has 6 nitrogen and oxygen atoms in total. The van der Waals surface area contributed by atoms with E-state index in [1.807, 2.05) is 0 Å². The molecule has 2 amide bonds. The minimum atomic E-state index is -1.15. The molecule has 2 aromatic rings. The quantitative estimate of drug-likeness (QED) is 0.752. The number of pyridine rings is 1. The van der Waals surface area contributed by atoms with E-state index in [0.717, 1.165) is 12.1 Å². The maximum atomic E-state index is 13.1. The molecule has 128 valence electrons. The van der Waals surface area contributed by atoms with Crippen molar-refractivity contribution in [2.75, 3.05) is 13.7 Å². The molecule has 0 fully saturated rings. The van der Waals surface area contributed by atoms with Crippen molar-refractivity contribution in [2.24, 2.45) is 0 Å². The Morgan fingerprint density at radius 1 is 1.29 bits per heavy atom. The Kier molecular flexibility index (Phi) is 6.02. The van der Waals surface area contributed by atoms with Gasteiger partial charge in [0.25, 0.3) is 0 Å². The molecule has 0 bridgehead atoms. The number of aliphatic hydroxyl groups is 1. The monoisotopic (exact) mass is 337 g/mol. The summed E-state index contributed by atoms with van der Waals surface area (Å²) in [6, 6.07) is 6.00. The minimum Gasteiger partial charge on any atom is -0.481 e. The largest absolute Gasteiger partial charge is 0.481 e. The third-order valence-corrected chi connectivity index (χ3v) is 3.27. The molecule has 8 heteroatoms. The molecule has 1 heterocycles. The van der Waals surface area contributed by atoms with Gasteiger partial charge in [-0.1, -0.05) is 12.1 Å². The second kappa shape index (κ2) is 8.21. The van der Waals surface area contributed by atoms with Crippen LogP contribution in [0.4, 0.5) is 13.6 Å². The van der Waals surface area contributed by atoms with Crippen molar-refractivity contribution in [3.8, 4) is 5.88 Å². The zero-order valence-corrected chi connectivity index (χ0v) is 12.9. The first-order chi connectivity index (χ1) is 11.5. The topological polar surface area (TPSA) is 83.5 Å². The number of carbonyl (C=O) groups excluding carboxylic acids is 1. The Labute approximate surface area is 137 Å². The number of nitrogens with one attached hydrogen (secondary N) is 2. The highest BCUT2D eigenvalue weighted by molar-refractivity contribution is 5.73. The highest BCUT2D eigenvalue weighted by atomic mass is 19.2. The lowest BCUT2D eigenvalue weighted by atomic mass is 10.1. The summed E-state index contributed by atoms with van der Waals surface area (Å²) in [6.45, 7) is 0.0329. The van der Waals surface area contributed by atoms with E-state index in [1.165, 1.54) is 13.2 Å². The second-order valence-electron chi connectivity index (χ2n) is 4.92. The number of hydrogen-bond donors (Lipinski definition) is 3. The van der Waals surface area contributed by atoms with Crippen molar-refractivity contribution in [2.45, 2.75) is 12.6 Å². The Morgan fingerprint density at radius 3 is 2.79 bits per heavy atom. The summed E-state index contributed by atoms with van der Waals surface area (Å²) in [5.41, 5.74) is 0.861. The van der Waals surface area contributed by atoms with Crippen LogP contribution in [-0.4, -0.2) is 29.8 Å². The zero-order valence-electron chi connectivity index (χ0n) is 12.9. The predicted octanol–water partition coefficient (Wildman–Crippen LogP) is 1.90. The third-order valence-electron chi connectivity index (χ3n) is 3.27. The van der Waals surface area contributed by atoms with Crippen molar-refractivity contribution in [1.29, 1.82) is 0 Å². The molecule has 1 atom stereocenters. The van der Waals surface area contributed by atoms with Crippen LogP contribution in [0.2, 0.25) is 0 Å². The van der Waals surface area contributed by atoms with Gasteiger partial charge in [-0.05, 0) is 23.8 Å². The summed E-state index contributed by atoms with van der Waals surface area (Å²) >= 11 is 0. The number of amides is 2. The first kappa shape index (κ1) is 17.6. The van der Waals surface area contributed by atoms with Gasteiger partial charge in [0, 0.05) is 24.8 Å². The molecule has 0 unspecified atom stereocenters. The summed E-state index contributed by atoms with van der Waals surface area (Å²) in [4.78, 5) is 15.7. The van der Waals surface area contributed by atoms with Gasteiger partial charge in [-0.2, -0.15) is 0 Å². The van der Waals surface area contributed by atoms with Crippen molar-refractivity contribution in [3.63, 3.8) is 0 Å². The SMILES string of the molecule is COc1ncccc1CNC(=O)NC[C@H](O)c1ccc(F)c(F)c1. The van der Waals surface area contributed by atoms with E-state index in [2.05, 4.69) is 15.6 Å². The lowest BCUT2D eigenvalue weighted by Crippen LogP contribution is -2.37. The van der Waals surface area contributed by atoms with Gasteiger partial charge >= 0.3 is 6.03 Å². The highest BCUT2D eigenvalue weighted by Crippen LogP contribution is 2.16. The van der Waals surface area contributed by atoms with Gasteiger partial charge in [-0.3, -0.25) is 0 Å². The van der Waals surface area contributed by atoms with Crippen LogP contribution in [0.15, 0.2) is 36.5 Å². The number of hydrogen-bond acceptors (Lipinski definition) is 4. The Balaban J connectivity index is 1.83. The molecule has 0 spiro atoms. The average molecular weight is 337 g/mol. The third kappa shape index (κ3) is 4.63. The zero-order chi connectivity index (χ0) is 17.5. The molecule has 0 aliphatic carbocycles. The number of halogens is 2. The van der Waals surface area contributed by atoms with Crippen LogP contribution in [-0.2, 0) is 6.54 Å². The number of benzene rings is 1. The number of ether oxygens (including phenoxy) is 1. The maximum absolute atomic E-state index is 13.1. The van der Waals surface area contributed by atoms with Gasteiger partial charge in [0.1, 0.15) is 0 Å². The fraction of sp³-hybridized carbons (Fsp3) is 0.250. The molecule has 3 N–H and O–H groups in total. The summed E-state index contributed by atoms with van der Waals surface area (Å²) < 4.78 is 31.0. The predicted molar refractivity (Wildman–Crippen MR) is 82.3 cm³/mol. The first-order valence-corrected chi connectivity index (χ1v) is 7.14. The minimum absolute atomic E-state index is 0.152. The number of methoxy groups -OCH3 is 1. The number of nitrogens with zero attached hydrogens (tertiary/aromatic N) is 1. The van der Waals surface area contributed by atoms with E-state index < -0.39 is 23.8 Å². The number of aliphatic hydroxyl groups excluding tert-OH is 1. The summed E-state index contributed by atoms with van der Waals surface area (Å²) in [5.74, 6) is -1.65. The van der Waals surface area contributed by atoms with E-state index in [4.69, 9.17) is 4.74 Å². The molecule has 0 aliphatic heterocycles. The molecule has 0 aliphatic rings. The Bertz CT molecular complexity index is 713. The number of urea groups is 1. The van der Waals surface area contributed by atoms with Crippen molar-refractivity contribution < 1.29 is 23.4 Å². The highest BCUT2D eigenvalue weighted by Gasteiger charge is 2.12. The molecule has 2 rings (SSSR count). The van der Waals surface area contributed by atoms with Crippen molar-refractivity contribution in [1.82, 2.24) is 15.6 Å². The normalized spacial score (nSPS) is 11.7. The van der Waals surface area contributed by atoms with Crippen molar-refractivity contribution in [3.05, 3.63) is 59.3 Å². The van der Waals surface area contributed by atoms with Gasteiger partial charge in [-0.15, -0.1) is 0 Å². The smallest absolute Gasteiger partial charge is 0.315 e. The van der Waals surface area contributed by atoms with Crippen LogP contribution in [0, 0.1) is 11.6 Å². The lowest BCUT2D eigenvalue weighted by Gasteiger charge is -2.13. The number of aromatic nitrogens is 1. The number of rotatable bonds is 6. The molecule has 1 aromatic heterocycles. The average Bonchev–Trinajstić information content (AvgIpc) is 2.60. The molecule has 1 aromatic carbocycles. The molecule has 0 saturated carbocycles. The van der Waals surface area contributed by atoms with E-state index in [-0.39, 0.29) is 18.7 Å². The van der Waals surface area contributed by atoms with Crippen molar-refractivity contribution >= 4 is 6.03 Å². The van der Waals surface area contributed by atoms with E-state index in [9.17, 15) is 18.7 Å². The van der Waals surface area contributed by atoms with Crippen LogP contribution < -0.4 is 15.4 Å². The first-order valence-electron chi connectivity index (χ1n) is 7.14. The molecular formula is C16H17F2N3O3. The van der Waals surface area contributed by atoms with E-state index in [1.54, 1.807) is 18.3 Å². The number of carbonyl (C=O) groups is 1. The van der Waals surface area contributed by atoms with Gasteiger partial charge in [0.05, 0.1) is 13.2 Å². The molecule has 24 heavy (non-hydrogen) atoms. The summed E-state index contributed by atoms with van der Waals surface area (Å²) in [7, 11) is 1.48. The van der Waals surface area contributed by atoms with Gasteiger partial charge in [-0.25, -0.2) is 18.6 Å². The van der Waals surface area contributed by atoms with E-state index in [0.29, 0.717) is 11.4 Å². The van der Waals surface area contributed by atoms with Crippen LogP contribution in [0.25, 0.3) is 0 Å². The van der Waals surface area contributed by atoms with Crippen LogP contribution in [0.1, 0.15) is 17.2 Å². The molecular weight excluding hydrogens is 320 g/mol. The van der Waals surface area contributed by atoms with Gasteiger partial charge in [0.15, 0.2) is 11.6 Å². The lowest BCUT2D eigenvalue weighted by molar-refractivity contribution is 0.172. The van der Waals surface area contributed by atoms with Crippen LogP contribution in [0.3, 0.4) is 0 Å². The second-order valence-corrected chi connectivity index (χ2v) is 4.92.